The van der Waals surface area contributed by atoms with E-state index in [9.17, 15) is 13.6 Å². The SMILES string of the molecule is CC(=O)NCCC=Cc1cccc(C(F)F)c1. The topological polar surface area (TPSA) is 29.1 Å². The molecular weight excluding hydrogens is 224 g/mol. The van der Waals surface area contributed by atoms with Crippen LogP contribution >= 0.6 is 0 Å². The van der Waals surface area contributed by atoms with E-state index in [0.717, 1.165) is 5.56 Å². The Kier molecular flexibility index (Phi) is 5.33. The number of hydrogen-bond acceptors (Lipinski definition) is 1. The summed E-state index contributed by atoms with van der Waals surface area (Å²) in [6, 6.07) is 6.23. The highest BCUT2D eigenvalue weighted by atomic mass is 19.3. The Morgan fingerprint density at radius 1 is 1.47 bits per heavy atom. The molecule has 0 saturated carbocycles. The first kappa shape index (κ1) is 13.4. The van der Waals surface area contributed by atoms with E-state index in [1.54, 1.807) is 18.2 Å². The Bertz CT molecular complexity index is 402. The number of rotatable bonds is 5. The van der Waals surface area contributed by atoms with Crippen molar-refractivity contribution >= 4 is 12.0 Å². The van der Waals surface area contributed by atoms with Gasteiger partial charge in [-0.1, -0.05) is 30.4 Å². The van der Waals surface area contributed by atoms with Gasteiger partial charge in [0, 0.05) is 19.0 Å². The summed E-state index contributed by atoms with van der Waals surface area (Å²) in [5.41, 5.74) is 0.764. The summed E-state index contributed by atoms with van der Waals surface area (Å²) in [4.78, 5) is 10.6. The van der Waals surface area contributed by atoms with Crippen molar-refractivity contribution < 1.29 is 13.6 Å². The highest BCUT2D eigenvalue weighted by molar-refractivity contribution is 5.72. The third kappa shape index (κ3) is 5.24. The first-order valence-corrected chi connectivity index (χ1v) is 5.38. The van der Waals surface area contributed by atoms with Gasteiger partial charge < -0.3 is 5.32 Å². The van der Waals surface area contributed by atoms with Crippen molar-refractivity contribution in [2.45, 2.75) is 19.8 Å². The fourth-order valence-electron chi connectivity index (χ4n) is 1.35. The predicted octanol–water partition coefficient (Wildman–Crippen LogP) is 3.16. The van der Waals surface area contributed by atoms with Gasteiger partial charge in [0.2, 0.25) is 5.91 Å². The Morgan fingerprint density at radius 2 is 2.24 bits per heavy atom. The van der Waals surface area contributed by atoms with Crippen molar-refractivity contribution in [3.8, 4) is 0 Å². The minimum atomic E-state index is -2.44. The van der Waals surface area contributed by atoms with Gasteiger partial charge in [-0.2, -0.15) is 0 Å². The summed E-state index contributed by atoms with van der Waals surface area (Å²) in [6.45, 7) is 2.01. The molecule has 0 aromatic heterocycles. The lowest BCUT2D eigenvalue weighted by Crippen LogP contribution is -2.20. The molecule has 1 N–H and O–H groups in total. The number of alkyl halides is 2. The van der Waals surface area contributed by atoms with Gasteiger partial charge in [0.05, 0.1) is 0 Å². The zero-order valence-corrected chi connectivity index (χ0v) is 9.62. The van der Waals surface area contributed by atoms with E-state index in [4.69, 9.17) is 0 Å². The highest BCUT2D eigenvalue weighted by Crippen LogP contribution is 2.19. The number of amides is 1. The summed E-state index contributed by atoms with van der Waals surface area (Å²) in [7, 11) is 0. The van der Waals surface area contributed by atoms with Crippen LogP contribution in [0.1, 0.15) is 30.9 Å². The molecule has 0 unspecified atom stereocenters. The molecule has 0 bridgehead atoms. The van der Waals surface area contributed by atoms with Crippen molar-refractivity contribution in [3.05, 3.63) is 41.5 Å². The Balaban J connectivity index is 2.48. The van der Waals surface area contributed by atoms with E-state index >= 15 is 0 Å². The second-order valence-corrected chi connectivity index (χ2v) is 3.64. The predicted molar refractivity (Wildman–Crippen MR) is 63.7 cm³/mol. The average Bonchev–Trinajstić information content (AvgIpc) is 2.28. The molecule has 0 saturated heterocycles. The first-order valence-electron chi connectivity index (χ1n) is 5.38. The summed E-state index contributed by atoms with van der Waals surface area (Å²) >= 11 is 0. The van der Waals surface area contributed by atoms with Crippen LogP contribution < -0.4 is 5.32 Å². The largest absolute Gasteiger partial charge is 0.356 e. The van der Waals surface area contributed by atoms with Crippen LogP contribution in [0.3, 0.4) is 0 Å². The molecule has 0 fully saturated rings. The van der Waals surface area contributed by atoms with E-state index < -0.39 is 6.43 Å². The Labute approximate surface area is 99.3 Å². The minimum Gasteiger partial charge on any atom is -0.356 e. The third-order valence-electron chi connectivity index (χ3n) is 2.16. The molecule has 1 rings (SSSR count). The lowest BCUT2D eigenvalue weighted by atomic mass is 10.1. The molecule has 0 aliphatic carbocycles. The van der Waals surface area contributed by atoms with Gasteiger partial charge in [-0.05, 0) is 18.1 Å². The molecular formula is C13H15F2NO. The van der Waals surface area contributed by atoms with Gasteiger partial charge in [-0.15, -0.1) is 0 Å². The van der Waals surface area contributed by atoms with E-state index in [-0.39, 0.29) is 11.5 Å². The molecule has 0 atom stereocenters. The monoisotopic (exact) mass is 239 g/mol. The van der Waals surface area contributed by atoms with Crippen LogP contribution in [0.25, 0.3) is 6.08 Å². The lowest BCUT2D eigenvalue weighted by Gasteiger charge is -2.00. The molecule has 1 amide bonds. The van der Waals surface area contributed by atoms with Gasteiger partial charge >= 0.3 is 0 Å². The molecule has 0 spiro atoms. The molecule has 1 aromatic carbocycles. The zero-order valence-electron chi connectivity index (χ0n) is 9.62. The van der Waals surface area contributed by atoms with Crippen LogP contribution in [0.15, 0.2) is 30.3 Å². The summed E-state index contributed by atoms with van der Waals surface area (Å²) < 4.78 is 24.8. The number of carbonyl (C=O) groups is 1. The van der Waals surface area contributed by atoms with E-state index in [0.29, 0.717) is 13.0 Å². The molecule has 4 heteroatoms. The maximum atomic E-state index is 12.4. The van der Waals surface area contributed by atoms with Gasteiger partial charge in [0.1, 0.15) is 0 Å². The summed E-state index contributed by atoms with van der Waals surface area (Å²) in [5.74, 6) is -0.0712. The standard InChI is InChI=1S/C13H15F2NO/c1-10(17)16-8-3-2-5-11-6-4-7-12(9-11)13(14)15/h2,4-7,9,13H,3,8H2,1H3,(H,16,17). The molecule has 0 radical (unpaired) electrons. The van der Waals surface area contributed by atoms with Crippen LogP contribution in [-0.2, 0) is 4.79 Å². The smallest absolute Gasteiger partial charge is 0.263 e. The van der Waals surface area contributed by atoms with Crippen molar-refractivity contribution in [2.75, 3.05) is 6.54 Å². The van der Waals surface area contributed by atoms with Crippen molar-refractivity contribution in [1.82, 2.24) is 5.32 Å². The fraction of sp³-hybridized carbons (Fsp3) is 0.308. The van der Waals surface area contributed by atoms with E-state index in [2.05, 4.69) is 5.32 Å². The van der Waals surface area contributed by atoms with Crippen LogP contribution in [0.4, 0.5) is 8.78 Å². The maximum Gasteiger partial charge on any atom is 0.263 e. The zero-order chi connectivity index (χ0) is 12.7. The second kappa shape index (κ2) is 6.78. The van der Waals surface area contributed by atoms with Crippen LogP contribution in [0.2, 0.25) is 0 Å². The maximum absolute atomic E-state index is 12.4. The average molecular weight is 239 g/mol. The molecule has 2 nitrogen and oxygen atoms in total. The number of benzene rings is 1. The molecule has 0 heterocycles. The Hall–Kier alpha value is -1.71. The quantitative estimate of drug-likeness (QED) is 0.786. The summed E-state index contributed by atoms with van der Waals surface area (Å²) in [6.07, 6.45) is 1.86. The Morgan fingerprint density at radius 3 is 2.88 bits per heavy atom. The first-order chi connectivity index (χ1) is 8.09. The van der Waals surface area contributed by atoms with Crippen LogP contribution in [-0.4, -0.2) is 12.5 Å². The van der Waals surface area contributed by atoms with Crippen LogP contribution in [0, 0.1) is 0 Å². The van der Waals surface area contributed by atoms with E-state index in [1.165, 1.54) is 19.1 Å². The van der Waals surface area contributed by atoms with Crippen molar-refractivity contribution in [3.63, 3.8) is 0 Å². The third-order valence-corrected chi connectivity index (χ3v) is 2.16. The fourth-order valence-corrected chi connectivity index (χ4v) is 1.35. The number of nitrogens with one attached hydrogen (secondary N) is 1. The minimum absolute atomic E-state index is 0.0222. The van der Waals surface area contributed by atoms with Crippen molar-refractivity contribution in [2.24, 2.45) is 0 Å². The van der Waals surface area contributed by atoms with Gasteiger partial charge in [-0.25, -0.2) is 8.78 Å². The van der Waals surface area contributed by atoms with Gasteiger partial charge in [0.25, 0.3) is 6.43 Å². The molecule has 92 valence electrons. The normalized spacial score (nSPS) is 11.1. The van der Waals surface area contributed by atoms with Gasteiger partial charge in [0.15, 0.2) is 0 Å². The van der Waals surface area contributed by atoms with E-state index in [1.807, 2.05) is 6.08 Å². The lowest BCUT2D eigenvalue weighted by molar-refractivity contribution is -0.118. The highest BCUT2D eigenvalue weighted by Gasteiger charge is 2.05. The number of halogens is 2. The molecule has 0 aliphatic rings. The second-order valence-electron chi connectivity index (χ2n) is 3.64. The number of carbonyl (C=O) groups excluding carboxylic acids is 1. The molecule has 0 aliphatic heterocycles. The summed E-state index contributed by atoms with van der Waals surface area (Å²) in [5, 5.41) is 2.65. The van der Waals surface area contributed by atoms with Crippen LogP contribution in [0.5, 0.6) is 0 Å². The van der Waals surface area contributed by atoms with Gasteiger partial charge in [-0.3, -0.25) is 4.79 Å². The number of hydrogen-bond donors (Lipinski definition) is 1. The molecule has 17 heavy (non-hydrogen) atoms. The van der Waals surface area contributed by atoms with Crippen molar-refractivity contribution in [1.29, 1.82) is 0 Å². The molecule has 1 aromatic rings.